The van der Waals surface area contributed by atoms with Gasteiger partial charge in [0.1, 0.15) is 16.7 Å². The predicted molar refractivity (Wildman–Crippen MR) is 137 cm³/mol. The second-order valence-electron chi connectivity index (χ2n) is 9.93. The van der Waals surface area contributed by atoms with Gasteiger partial charge >= 0.3 is 0 Å². The number of aromatic nitrogens is 1. The molecule has 8 heteroatoms. The standard InChI is InChI=1S/C27H37N3O4S/c1-20-16-30(21(2)19-31)35(32,33)27-10-9-24(23-7-5-4-6-8-23)15-25(27)34-26(20)18-29(3)17-22-11-13-28-14-12-22/h7,9-15,20-21,26,31H,4-6,8,16-19H2,1-3H3/t20-,21-,26+/m0/s1. The molecule has 0 saturated heterocycles. The van der Waals surface area contributed by atoms with Crippen LogP contribution < -0.4 is 4.74 Å². The van der Waals surface area contributed by atoms with Crippen LogP contribution in [-0.4, -0.2) is 66.6 Å². The van der Waals surface area contributed by atoms with E-state index < -0.39 is 16.1 Å². The lowest BCUT2D eigenvalue weighted by Gasteiger charge is -2.37. The third-order valence-electron chi connectivity index (χ3n) is 7.02. The summed E-state index contributed by atoms with van der Waals surface area (Å²) in [4.78, 5) is 6.46. The van der Waals surface area contributed by atoms with Gasteiger partial charge in [-0.15, -0.1) is 0 Å². The molecule has 0 radical (unpaired) electrons. The van der Waals surface area contributed by atoms with E-state index in [0.29, 0.717) is 12.3 Å². The number of pyridine rings is 1. The molecule has 190 valence electrons. The molecule has 4 rings (SSSR count). The first-order chi connectivity index (χ1) is 16.8. The smallest absolute Gasteiger partial charge is 0.247 e. The molecule has 0 amide bonds. The first-order valence-electron chi connectivity index (χ1n) is 12.5. The van der Waals surface area contributed by atoms with Gasteiger partial charge in [-0.05, 0) is 80.6 Å². The van der Waals surface area contributed by atoms with Crippen molar-refractivity contribution in [1.82, 2.24) is 14.2 Å². The van der Waals surface area contributed by atoms with Crippen molar-refractivity contribution < 1.29 is 18.3 Å². The Kier molecular flexibility index (Phi) is 8.27. The Labute approximate surface area is 209 Å². The molecule has 2 aliphatic rings. The van der Waals surface area contributed by atoms with Gasteiger partial charge in [-0.1, -0.05) is 19.1 Å². The average Bonchev–Trinajstić information content (AvgIpc) is 2.86. The van der Waals surface area contributed by atoms with E-state index in [4.69, 9.17) is 4.74 Å². The molecule has 2 aromatic rings. The minimum atomic E-state index is -3.83. The van der Waals surface area contributed by atoms with Gasteiger partial charge in [-0.25, -0.2) is 8.42 Å². The predicted octanol–water partition coefficient (Wildman–Crippen LogP) is 3.94. The van der Waals surface area contributed by atoms with Crippen LogP contribution in [0.15, 0.2) is 53.7 Å². The summed E-state index contributed by atoms with van der Waals surface area (Å²) in [5.41, 5.74) is 3.44. The van der Waals surface area contributed by atoms with Crippen LogP contribution in [0.5, 0.6) is 5.75 Å². The Bertz CT molecular complexity index is 1140. The van der Waals surface area contributed by atoms with E-state index in [0.717, 1.165) is 36.9 Å². The monoisotopic (exact) mass is 499 g/mol. The lowest BCUT2D eigenvalue weighted by Crippen LogP contribution is -2.49. The van der Waals surface area contributed by atoms with Crippen molar-refractivity contribution in [3.63, 3.8) is 0 Å². The molecule has 1 aromatic carbocycles. The van der Waals surface area contributed by atoms with E-state index >= 15 is 0 Å². The summed E-state index contributed by atoms with van der Waals surface area (Å²) < 4.78 is 35.3. The highest BCUT2D eigenvalue weighted by Crippen LogP contribution is 2.37. The summed E-state index contributed by atoms with van der Waals surface area (Å²) in [5, 5.41) is 9.85. The average molecular weight is 500 g/mol. The number of rotatable bonds is 7. The van der Waals surface area contributed by atoms with E-state index in [1.54, 1.807) is 25.4 Å². The summed E-state index contributed by atoms with van der Waals surface area (Å²) in [7, 11) is -1.78. The molecule has 1 aromatic heterocycles. The maximum absolute atomic E-state index is 13.7. The molecule has 35 heavy (non-hydrogen) atoms. The molecular weight excluding hydrogens is 462 g/mol. The summed E-state index contributed by atoms with van der Waals surface area (Å²) in [6, 6.07) is 8.95. The Balaban J connectivity index is 1.69. The number of allylic oxidation sites excluding steroid dienone is 2. The fraction of sp³-hybridized carbons (Fsp3) is 0.519. The van der Waals surface area contributed by atoms with Gasteiger partial charge in [0.05, 0.1) is 6.61 Å². The highest BCUT2D eigenvalue weighted by molar-refractivity contribution is 7.89. The van der Waals surface area contributed by atoms with E-state index in [1.165, 1.54) is 16.3 Å². The van der Waals surface area contributed by atoms with Crippen LogP contribution in [0.25, 0.3) is 5.57 Å². The van der Waals surface area contributed by atoms with Gasteiger partial charge in [0.15, 0.2) is 0 Å². The largest absolute Gasteiger partial charge is 0.487 e. The first kappa shape index (κ1) is 25.8. The van der Waals surface area contributed by atoms with E-state index in [1.807, 2.05) is 38.2 Å². The number of aliphatic hydroxyl groups is 1. The van der Waals surface area contributed by atoms with Crippen LogP contribution in [0.3, 0.4) is 0 Å². The van der Waals surface area contributed by atoms with Gasteiger partial charge in [0, 0.05) is 44.0 Å². The fourth-order valence-corrected chi connectivity index (χ4v) is 6.74. The topological polar surface area (TPSA) is 83.0 Å². The number of hydrogen-bond acceptors (Lipinski definition) is 6. The Morgan fingerprint density at radius 2 is 2.00 bits per heavy atom. The molecule has 1 aliphatic heterocycles. The third-order valence-corrected chi connectivity index (χ3v) is 9.04. The third kappa shape index (κ3) is 5.94. The van der Waals surface area contributed by atoms with Crippen LogP contribution in [0, 0.1) is 5.92 Å². The normalized spacial score (nSPS) is 23.5. The number of fused-ring (bicyclic) bond motifs is 1. The number of benzene rings is 1. The number of ether oxygens (including phenoxy) is 1. The molecule has 1 N–H and O–H groups in total. The number of nitrogens with zero attached hydrogens (tertiary/aromatic N) is 3. The maximum Gasteiger partial charge on any atom is 0.247 e. The lowest BCUT2D eigenvalue weighted by atomic mass is 9.93. The van der Waals surface area contributed by atoms with Gasteiger partial charge in [-0.2, -0.15) is 4.31 Å². The second-order valence-corrected chi connectivity index (χ2v) is 11.8. The van der Waals surface area contributed by atoms with Crippen molar-refractivity contribution >= 4 is 15.6 Å². The number of sulfonamides is 1. The van der Waals surface area contributed by atoms with E-state index in [-0.39, 0.29) is 30.1 Å². The molecule has 2 heterocycles. The zero-order chi connectivity index (χ0) is 25.0. The fourth-order valence-electron chi connectivity index (χ4n) is 4.92. The van der Waals surface area contributed by atoms with Crippen molar-refractivity contribution in [3.05, 3.63) is 59.9 Å². The van der Waals surface area contributed by atoms with Crippen molar-refractivity contribution in [2.75, 3.05) is 26.7 Å². The second kappa shape index (κ2) is 11.2. The molecule has 3 atom stereocenters. The van der Waals surface area contributed by atoms with Crippen LogP contribution in [0.1, 0.15) is 50.7 Å². The SMILES string of the molecule is C[C@H]1CN([C@@H](C)CO)S(=O)(=O)c2ccc(C3=CCCCC3)cc2O[C@@H]1CN(C)Cc1ccncc1. The minimum Gasteiger partial charge on any atom is -0.487 e. The highest BCUT2D eigenvalue weighted by Gasteiger charge is 2.38. The zero-order valence-electron chi connectivity index (χ0n) is 20.9. The molecule has 7 nitrogen and oxygen atoms in total. The molecular formula is C27H37N3O4S. The number of hydrogen-bond donors (Lipinski definition) is 1. The van der Waals surface area contributed by atoms with Gasteiger partial charge in [0.2, 0.25) is 10.0 Å². The molecule has 0 unspecified atom stereocenters. The molecule has 0 fully saturated rings. The quantitative estimate of drug-likeness (QED) is 0.621. The van der Waals surface area contributed by atoms with Crippen molar-refractivity contribution in [1.29, 1.82) is 0 Å². The van der Waals surface area contributed by atoms with Crippen molar-refractivity contribution in [3.8, 4) is 5.75 Å². The van der Waals surface area contributed by atoms with E-state index in [9.17, 15) is 13.5 Å². The Hall–Kier alpha value is -2.26. The molecule has 1 aliphatic carbocycles. The Morgan fingerprint density at radius 1 is 1.23 bits per heavy atom. The summed E-state index contributed by atoms with van der Waals surface area (Å²) >= 11 is 0. The van der Waals surface area contributed by atoms with E-state index in [2.05, 4.69) is 16.0 Å². The van der Waals surface area contributed by atoms with Gasteiger partial charge < -0.3 is 9.84 Å². The minimum absolute atomic E-state index is 0.0793. The molecule has 0 saturated carbocycles. The maximum atomic E-state index is 13.7. The summed E-state index contributed by atoms with van der Waals surface area (Å²) in [5.74, 6) is 0.322. The zero-order valence-corrected chi connectivity index (χ0v) is 21.7. The first-order valence-corrected chi connectivity index (χ1v) is 13.9. The van der Waals surface area contributed by atoms with Crippen LogP contribution in [0.2, 0.25) is 0 Å². The molecule has 0 spiro atoms. The van der Waals surface area contributed by atoms with Gasteiger partial charge in [0.25, 0.3) is 0 Å². The van der Waals surface area contributed by atoms with Crippen molar-refractivity contribution in [2.45, 2.75) is 63.1 Å². The number of likely N-dealkylation sites (N-methyl/N-ethyl adjacent to an activating group) is 1. The van der Waals surface area contributed by atoms with Gasteiger partial charge in [-0.3, -0.25) is 9.88 Å². The lowest BCUT2D eigenvalue weighted by molar-refractivity contribution is 0.0733. The van der Waals surface area contributed by atoms with Crippen LogP contribution >= 0.6 is 0 Å². The Morgan fingerprint density at radius 3 is 2.69 bits per heavy atom. The van der Waals surface area contributed by atoms with Crippen LogP contribution in [0.4, 0.5) is 0 Å². The summed E-state index contributed by atoms with van der Waals surface area (Å²) in [6.07, 6.45) is 9.98. The van der Waals surface area contributed by atoms with Crippen molar-refractivity contribution in [2.24, 2.45) is 5.92 Å². The molecule has 0 bridgehead atoms. The van der Waals surface area contributed by atoms with Crippen LogP contribution in [-0.2, 0) is 16.6 Å². The summed E-state index contributed by atoms with van der Waals surface area (Å²) in [6.45, 7) is 5.19. The highest BCUT2D eigenvalue weighted by atomic mass is 32.2. The number of aliphatic hydroxyl groups excluding tert-OH is 1.